The summed E-state index contributed by atoms with van der Waals surface area (Å²) in [5, 5.41) is 13.6. The van der Waals surface area contributed by atoms with Crippen molar-refractivity contribution in [2.24, 2.45) is 0 Å². The van der Waals surface area contributed by atoms with Gasteiger partial charge < -0.3 is 4.98 Å². The molecule has 0 unspecified atom stereocenters. The molecule has 1 aromatic carbocycles. The highest BCUT2D eigenvalue weighted by molar-refractivity contribution is 7.15. The number of H-pyrrole nitrogens is 1. The molecule has 0 bridgehead atoms. The van der Waals surface area contributed by atoms with Gasteiger partial charge in [-0.25, -0.2) is 0 Å². The minimum Gasteiger partial charge on any atom is -0.361 e. The van der Waals surface area contributed by atoms with Crippen LogP contribution in [0.2, 0.25) is 0 Å². The van der Waals surface area contributed by atoms with Crippen LogP contribution in [0, 0.1) is 0 Å². The molecule has 1 saturated carbocycles. The fourth-order valence-corrected chi connectivity index (χ4v) is 3.05. The standard InChI is InChI=1S/C14H12N4OS/c19-12(10-3-4-11-9(7-10)5-6-15-11)16-14-18-17-13(20-14)8-1-2-8/h3-8,15H,1-2H2,(H,16,18,19). The minimum absolute atomic E-state index is 0.147. The molecule has 0 atom stereocenters. The van der Waals surface area contributed by atoms with E-state index in [-0.39, 0.29) is 5.91 Å². The first-order valence-electron chi connectivity index (χ1n) is 6.51. The molecule has 3 aromatic rings. The van der Waals surface area contributed by atoms with Gasteiger partial charge in [0.1, 0.15) is 5.01 Å². The zero-order chi connectivity index (χ0) is 13.5. The third-order valence-electron chi connectivity index (χ3n) is 3.40. The second kappa shape index (κ2) is 4.42. The number of hydrogen-bond donors (Lipinski definition) is 2. The summed E-state index contributed by atoms with van der Waals surface area (Å²) in [4.78, 5) is 15.3. The predicted octanol–water partition coefficient (Wildman–Crippen LogP) is 3.15. The van der Waals surface area contributed by atoms with Crippen molar-refractivity contribution in [3.63, 3.8) is 0 Å². The summed E-state index contributed by atoms with van der Waals surface area (Å²) in [6.07, 6.45) is 4.23. The van der Waals surface area contributed by atoms with Crippen LogP contribution >= 0.6 is 11.3 Å². The number of hydrogen-bond acceptors (Lipinski definition) is 4. The van der Waals surface area contributed by atoms with Crippen LogP contribution < -0.4 is 5.32 Å². The quantitative estimate of drug-likeness (QED) is 0.776. The Morgan fingerprint density at radius 1 is 1.30 bits per heavy atom. The molecule has 0 radical (unpaired) electrons. The van der Waals surface area contributed by atoms with Crippen LogP contribution in [-0.4, -0.2) is 21.1 Å². The van der Waals surface area contributed by atoms with E-state index in [4.69, 9.17) is 0 Å². The molecular weight excluding hydrogens is 272 g/mol. The highest BCUT2D eigenvalue weighted by Crippen LogP contribution is 2.42. The van der Waals surface area contributed by atoms with Crippen LogP contribution in [0.1, 0.15) is 34.1 Å². The first kappa shape index (κ1) is 11.6. The summed E-state index contributed by atoms with van der Waals surface area (Å²) in [5.41, 5.74) is 1.65. The minimum atomic E-state index is -0.147. The lowest BCUT2D eigenvalue weighted by molar-refractivity contribution is 0.102. The molecule has 0 saturated heterocycles. The topological polar surface area (TPSA) is 70.7 Å². The summed E-state index contributed by atoms with van der Waals surface area (Å²) in [5.74, 6) is 0.418. The van der Waals surface area contributed by atoms with Crippen molar-refractivity contribution in [3.05, 3.63) is 41.0 Å². The fourth-order valence-electron chi connectivity index (χ4n) is 2.14. The third kappa shape index (κ3) is 2.08. The number of fused-ring (bicyclic) bond motifs is 1. The lowest BCUT2D eigenvalue weighted by atomic mass is 10.1. The number of benzene rings is 1. The van der Waals surface area contributed by atoms with E-state index in [2.05, 4.69) is 20.5 Å². The molecule has 0 spiro atoms. The number of aromatic amines is 1. The number of nitrogens with one attached hydrogen (secondary N) is 2. The molecule has 2 aromatic heterocycles. The number of aromatic nitrogens is 3. The Morgan fingerprint density at radius 3 is 3.05 bits per heavy atom. The SMILES string of the molecule is O=C(Nc1nnc(C2CC2)s1)c1ccc2[nH]ccc2c1. The van der Waals surface area contributed by atoms with Gasteiger partial charge in [-0.15, -0.1) is 10.2 Å². The van der Waals surface area contributed by atoms with Gasteiger partial charge in [0.05, 0.1) is 0 Å². The molecular formula is C14H12N4OS. The number of anilines is 1. The Bertz CT molecular complexity index is 787. The van der Waals surface area contributed by atoms with E-state index in [9.17, 15) is 4.79 Å². The van der Waals surface area contributed by atoms with Gasteiger partial charge in [0.25, 0.3) is 5.91 Å². The average molecular weight is 284 g/mol. The van der Waals surface area contributed by atoms with E-state index in [1.54, 1.807) is 6.07 Å². The van der Waals surface area contributed by atoms with Crippen molar-refractivity contribution in [3.8, 4) is 0 Å². The highest BCUT2D eigenvalue weighted by Gasteiger charge is 2.27. The number of nitrogens with zero attached hydrogens (tertiary/aromatic N) is 2. The van der Waals surface area contributed by atoms with Gasteiger partial charge in [-0.3, -0.25) is 10.1 Å². The summed E-state index contributed by atoms with van der Waals surface area (Å²) in [6.45, 7) is 0. The van der Waals surface area contributed by atoms with Crippen molar-refractivity contribution in [1.29, 1.82) is 0 Å². The first-order valence-corrected chi connectivity index (χ1v) is 7.33. The average Bonchev–Trinajstić information content (AvgIpc) is 3.02. The Morgan fingerprint density at radius 2 is 2.20 bits per heavy atom. The van der Waals surface area contributed by atoms with E-state index in [1.807, 2.05) is 24.4 Å². The zero-order valence-corrected chi connectivity index (χ0v) is 11.4. The number of rotatable bonds is 3. The van der Waals surface area contributed by atoms with E-state index < -0.39 is 0 Å². The molecule has 1 amide bonds. The van der Waals surface area contributed by atoms with Crippen molar-refractivity contribution in [1.82, 2.24) is 15.2 Å². The molecule has 1 aliphatic carbocycles. The number of amides is 1. The Kier molecular flexibility index (Phi) is 2.56. The van der Waals surface area contributed by atoms with Crippen LogP contribution in [0.25, 0.3) is 10.9 Å². The van der Waals surface area contributed by atoms with Gasteiger partial charge in [-0.05, 0) is 37.1 Å². The third-order valence-corrected chi connectivity index (χ3v) is 4.40. The monoisotopic (exact) mass is 284 g/mol. The van der Waals surface area contributed by atoms with Crippen molar-refractivity contribution < 1.29 is 4.79 Å². The van der Waals surface area contributed by atoms with Crippen LogP contribution in [0.5, 0.6) is 0 Å². The second-order valence-electron chi connectivity index (χ2n) is 4.95. The van der Waals surface area contributed by atoms with Crippen molar-refractivity contribution >= 4 is 33.3 Å². The molecule has 20 heavy (non-hydrogen) atoms. The summed E-state index contributed by atoms with van der Waals surface area (Å²) in [6, 6.07) is 7.52. The zero-order valence-electron chi connectivity index (χ0n) is 10.6. The molecule has 2 heterocycles. The van der Waals surface area contributed by atoms with Gasteiger partial charge in [-0.1, -0.05) is 11.3 Å². The highest BCUT2D eigenvalue weighted by atomic mass is 32.1. The molecule has 2 N–H and O–H groups in total. The van der Waals surface area contributed by atoms with E-state index in [1.165, 1.54) is 24.2 Å². The van der Waals surface area contributed by atoms with Gasteiger partial charge in [0, 0.05) is 28.6 Å². The summed E-state index contributed by atoms with van der Waals surface area (Å²) in [7, 11) is 0. The number of carbonyl (C=O) groups excluding carboxylic acids is 1. The Hall–Kier alpha value is -2.21. The molecule has 1 fully saturated rings. The smallest absolute Gasteiger partial charge is 0.257 e. The van der Waals surface area contributed by atoms with Crippen LogP contribution in [-0.2, 0) is 0 Å². The van der Waals surface area contributed by atoms with Crippen LogP contribution in [0.15, 0.2) is 30.5 Å². The molecule has 4 rings (SSSR count). The maximum Gasteiger partial charge on any atom is 0.257 e. The molecule has 100 valence electrons. The van der Waals surface area contributed by atoms with Crippen molar-refractivity contribution in [2.45, 2.75) is 18.8 Å². The van der Waals surface area contributed by atoms with Crippen molar-refractivity contribution in [2.75, 3.05) is 5.32 Å². The molecule has 6 heteroatoms. The van der Waals surface area contributed by atoms with Gasteiger partial charge in [0.15, 0.2) is 0 Å². The molecule has 1 aliphatic rings. The van der Waals surface area contributed by atoms with Crippen LogP contribution in [0.4, 0.5) is 5.13 Å². The Balaban J connectivity index is 1.55. The second-order valence-corrected chi connectivity index (χ2v) is 5.96. The fraction of sp³-hybridized carbons (Fsp3) is 0.214. The first-order chi connectivity index (χ1) is 9.79. The normalized spacial score (nSPS) is 14.6. The lowest BCUT2D eigenvalue weighted by Gasteiger charge is -2.01. The van der Waals surface area contributed by atoms with E-state index in [0.29, 0.717) is 16.6 Å². The largest absolute Gasteiger partial charge is 0.361 e. The van der Waals surface area contributed by atoms with Gasteiger partial charge in [-0.2, -0.15) is 0 Å². The maximum absolute atomic E-state index is 12.2. The van der Waals surface area contributed by atoms with E-state index in [0.717, 1.165) is 15.9 Å². The number of carbonyl (C=O) groups is 1. The van der Waals surface area contributed by atoms with Gasteiger partial charge in [0.2, 0.25) is 5.13 Å². The van der Waals surface area contributed by atoms with E-state index >= 15 is 0 Å². The molecule has 0 aliphatic heterocycles. The maximum atomic E-state index is 12.2. The predicted molar refractivity (Wildman–Crippen MR) is 78.1 cm³/mol. The lowest BCUT2D eigenvalue weighted by Crippen LogP contribution is -2.11. The Labute approximate surface area is 119 Å². The molecule has 5 nitrogen and oxygen atoms in total. The van der Waals surface area contributed by atoms with Crippen LogP contribution in [0.3, 0.4) is 0 Å². The summed E-state index contributed by atoms with van der Waals surface area (Å²) < 4.78 is 0. The summed E-state index contributed by atoms with van der Waals surface area (Å²) >= 11 is 1.47. The van der Waals surface area contributed by atoms with Gasteiger partial charge >= 0.3 is 0 Å².